The third-order valence-electron chi connectivity index (χ3n) is 1.21. The summed E-state index contributed by atoms with van der Waals surface area (Å²) in [5.41, 5.74) is 0. The van der Waals surface area contributed by atoms with Crippen LogP contribution in [0.4, 0.5) is 0 Å². The van der Waals surface area contributed by atoms with E-state index in [2.05, 4.69) is 14.8 Å². The molecule has 0 fully saturated rings. The predicted molar refractivity (Wildman–Crippen MR) is 51.3 cm³/mol. The summed E-state index contributed by atoms with van der Waals surface area (Å²) in [7, 11) is 0. The molecule has 0 saturated carbocycles. The molecule has 0 unspecified atom stereocenters. The summed E-state index contributed by atoms with van der Waals surface area (Å²) in [5, 5.41) is 2.19. The second kappa shape index (κ2) is 8.05. The number of halogens is 1. The fourth-order valence-corrected chi connectivity index (χ4v) is 0.706. The average molecular weight is 238 g/mol. The van der Waals surface area contributed by atoms with Crippen LogP contribution in [0, 0.1) is 0 Å². The third-order valence-corrected chi connectivity index (χ3v) is 1.45. The molecule has 1 N–H and O–H groups in total. The van der Waals surface area contributed by atoms with Crippen molar-refractivity contribution in [2.45, 2.75) is 6.92 Å². The van der Waals surface area contributed by atoms with E-state index in [-0.39, 0.29) is 19.0 Å². The van der Waals surface area contributed by atoms with Crippen molar-refractivity contribution in [1.29, 1.82) is 0 Å². The van der Waals surface area contributed by atoms with Gasteiger partial charge in [-0.25, -0.2) is 4.79 Å². The number of nitrogens with one attached hydrogen (secondary N) is 1. The zero-order valence-corrected chi connectivity index (χ0v) is 9.00. The third kappa shape index (κ3) is 7.75. The van der Waals surface area contributed by atoms with Gasteiger partial charge < -0.3 is 14.8 Å². The number of alkyl halides is 1. The molecule has 0 atom stereocenters. The number of hydrogen-bond acceptors (Lipinski definition) is 5. The van der Waals surface area contributed by atoms with E-state index >= 15 is 0 Å². The minimum atomic E-state index is -0.721. The molecule has 0 aromatic heterocycles. The normalized spacial score (nSPS) is 9.20. The summed E-state index contributed by atoms with van der Waals surface area (Å²) in [4.78, 5) is 32.2. The molecule has 7 heteroatoms. The maximum absolute atomic E-state index is 10.9. The Bertz CT molecular complexity index is 243. The van der Waals surface area contributed by atoms with E-state index in [1.165, 1.54) is 0 Å². The van der Waals surface area contributed by atoms with Crippen LogP contribution >= 0.6 is 11.6 Å². The van der Waals surface area contributed by atoms with Crippen LogP contribution in [-0.2, 0) is 23.9 Å². The van der Waals surface area contributed by atoms with Crippen molar-refractivity contribution in [1.82, 2.24) is 5.32 Å². The molecule has 0 rings (SSSR count). The van der Waals surface area contributed by atoms with Gasteiger partial charge in [0.25, 0.3) is 0 Å². The van der Waals surface area contributed by atoms with E-state index in [0.717, 1.165) is 0 Å². The Kier molecular flexibility index (Phi) is 7.35. The Labute approximate surface area is 91.9 Å². The van der Waals surface area contributed by atoms with Crippen LogP contribution in [-0.4, -0.2) is 43.5 Å². The van der Waals surface area contributed by atoms with Gasteiger partial charge in [0.1, 0.15) is 12.4 Å². The summed E-state index contributed by atoms with van der Waals surface area (Å²) >= 11 is 5.17. The van der Waals surface area contributed by atoms with Crippen LogP contribution in [0.15, 0.2) is 0 Å². The van der Waals surface area contributed by atoms with Gasteiger partial charge in [-0.3, -0.25) is 9.59 Å². The highest BCUT2D eigenvalue weighted by atomic mass is 35.5. The second-order valence-electron chi connectivity index (χ2n) is 2.38. The van der Waals surface area contributed by atoms with E-state index in [1.54, 1.807) is 6.92 Å². The lowest BCUT2D eigenvalue weighted by Crippen LogP contribution is -2.32. The SMILES string of the molecule is CCOC(=O)COC(=O)CNC(=O)CCl. The highest BCUT2D eigenvalue weighted by Gasteiger charge is 2.08. The molecule has 0 aliphatic carbocycles. The Morgan fingerprint density at radius 2 is 1.87 bits per heavy atom. The van der Waals surface area contributed by atoms with Crippen LogP contribution in [0.2, 0.25) is 0 Å². The molecule has 0 spiro atoms. The van der Waals surface area contributed by atoms with Crippen molar-refractivity contribution in [2.24, 2.45) is 0 Å². The van der Waals surface area contributed by atoms with Crippen molar-refractivity contribution in [3.05, 3.63) is 0 Å². The number of esters is 2. The van der Waals surface area contributed by atoms with Crippen LogP contribution < -0.4 is 5.32 Å². The lowest BCUT2D eigenvalue weighted by Gasteiger charge is -2.04. The number of rotatable bonds is 6. The van der Waals surface area contributed by atoms with E-state index in [1.807, 2.05) is 0 Å². The highest BCUT2D eigenvalue weighted by molar-refractivity contribution is 6.27. The van der Waals surface area contributed by atoms with Crippen LogP contribution in [0.1, 0.15) is 6.92 Å². The maximum atomic E-state index is 10.9. The minimum absolute atomic E-state index is 0.222. The van der Waals surface area contributed by atoms with Gasteiger partial charge in [0.15, 0.2) is 6.61 Å². The summed E-state index contributed by atoms with van der Waals surface area (Å²) in [6, 6.07) is 0. The lowest BCUT2D eigenvalue weighted by atomic mass is 10.6. The zero-order chi connectivity index (χ0) is 11.7. The molecule has 0 aliphatic rings. The standard InChI is InChI=1S/C8H12ClNO5/c1-2-14-8(13)5-15-7(12)4-10-6(11)3-9/h2-5H2,1H3,(H,10,11). The Balaban J connectivity index is 3.57. The molecule has 86 valence electrons. The van der Waals surface area contributed by atoms with Crippen LogP contribution in [0.3, 0.4) is 0 Å². The quantitative estimate of drug-likeness (QED) is 0.495. The molecule has 6 nitrogen and oxygen atoms in total. The lowest BCUT2D eigenvalue weighted by molar-refractivity contribution is -0.158. The van der Waals surface area contributed by atoms with Gasteiger partial charge in [-0.15, -0.1) is 11.6 Å². The minimum Gasteiger partial charge on any atom is -0.463 e. The predicted octanol–water partition coefficient (Wildman–Crippen LogP) is -0.552. The molecule has 0 aromatic carbocycles. The first-order valence-corrected chi connectivity index (χ1v) is 4.77. The fourth-order valence-electron chi connectivity index (χ4n) is 0.611. The van der Waals surface area contributed by atoms with Crippen molar-refractivity contribution in [3.63, 3.8) is 0 Å². The van der Waals surface area contributed by atoms with Gasteiger partial charge in [-0.1, -0.05) is 0 Å². The first-order valence-electron chi connectivity index (χ1n) is 4.24. The fraction of sp³-hybridized carbons (Fsp3) is 0.625. The molecule has 0 bridgehead atoms. The number of carbonyl (C=O) groups is 3. The largest absolute Gasteiger partial charge is 0.463 e. The monoisotopic (exact) mass is 237 g/mol. The second-order valence-corrected chi connectivity index (χ2v) is 2.64. The van der Waals surface area contributed by atoms with Crippen molar-refractivity contribution >= 4 is 29.4 Å². The summed E-state index contributed by atoms with van der Waals surface area (Å²) < 4.78 is 8.99. The number of ether oxygens (including phenoxy) is 2. The Morgan fingerprint density at radius 1 is 1.20 bits per heavy atom. The molecular formula is C8H12ClNO5. The average Bonchev–Trinajstić information content (AvgIpc) is 2.23. The molecule has 0 heterocycles. The van der Waals surface area contributed by atoms with Crippen molar-refractivity contribution in [3.8, 4) is 0 Å². The summed E-state index contributed by atoms with van der Waals surface area (Å²) in [6.45, 7) is 1.09. The van der Waals surface area contributed by atoms with Gasteiger partial charge in [0.05, 0.1) is 6.61 Å². The van der Waals surface area contributed by atoms with Gasteiger partial charge >= 0.3 is 11.9 Å². The Hall–Kier alpha value is -1.30. The smallest absolute Gasteiger partial charge is 0.344 e. The molecule has 1 amide bonds. The summed E-state index contributed by atoms with van der Waals surface area (Å²) in [6.07, 6.45) is 0. The molecule has 0 aromatic rings. The molecule has 15 heavy (non-hydrogen) atoms. The van der Waals surface area contributed by atoms with Crippen molar-refractivity contribution in [2.75, 3.05) is 25.6 Å². The van der Waals surface area contributed by atoms with E-state index < -0.39 is 24.5 Å². The topological polar surface area (TPSA) is 81.7 Å². The van der Waals surface area contributed by atoms with Gasteiger partial charge in [0.2, 0.25) is 5.91 Å². The summed E-state index contributed by atoms with van der Waals surface area (Å²) in [5.74, 6) is -2.06. The number of hydrogen-bond donors (Lipinski definition) is 1. The number of amides is 1. The molecule has 0 aliphatic heterocycles. The van der Waals surface area contributed by atoms with Gasteiger partial charge in [0, 0.05) is 0 Å². The van der Waals surface area contributed by atoms with E-state index in [9.17, 15) is 14.4 Å². The maximum Gasteiger partial charge on any atom is 0.344 e. The first kappa shape index (κ1) is 13.7. The van der Waals surface area contributed by atoms with Crippen LogP contribution in [0.25, 0.3) is 0 Å². The van der Waals surface area contributed by atoms with E-state index in [4.69, 9.17) is 11.6 Å². The molecule has 0 saturated heterocycles. The van der Waals surface area contributed by atoms with E-state index in [0.29, 0.717) is 0 Å². The molecule has 0 radical (unpaired) electrons. The first-order chi connectivity index (χ1) is 7.10. The zero-order valence-electron chi connectivity index (χ0n) is 8.25. The highest BCUT2D eigenvalue weighted by Crippen LogP contribution is 1.83. The Morgan fingerprint density at radius 3 is 2.40 bits per heavy atom. The number of carbonyl (C=O) groups excluding carboxylic acids is 3. The van der Waals surface area contributed by atoms with Crippen LogP contribution in [0.5, 0.6) is 0 Å². The van der Waals surface area contributed by atoms with Crippen molar-refractivity contribution < 1.29 is 23.9 Å². The molecular weight excluding hydrogens is 226 g/mol. The van der Waals surface area contributed by atoms with Gasteiger partial charge in [-0.05, 0) is 6.92 Å². The van der Waals surface area contributed by atoms with Gasteiger partial charge in [-0.2, -0.15) is 0 Å².